The van der Waals surface area contributed by atoms with Crippen LogP contribution in [0.4, 0.5) is 5.69 Å². The van der Waals surface area contributed by atoms with Crippen LogP contribution in [0.3, 0.4) is 0 Å². The third-order valence-corrected chi connectivity index (χ3v) is 3.38. The Balaban J connectivity index is 2.13. The molecule has 138 valence electrons. The number of carbonyl (C=O) groups is 2. The zero-order valence-electron chi connectivity index (χ0n) is 15.6. The van der Waals surface area contributed by atoms with Gasteiger partial charge in [-0.05, 0) is 44.0 Å². The number of para-hydroxylation sites is 2. The van der Waals surface area contributed by atoms with Gasteiger partial charge < -0.3 is 15.4 Å². The van der Waals surface area contributed by atoms with Gasteiger partial charge in [-0.1, -0.05) is 32.0 Å². The predicted octanol–water partition coefficient (Wildman–Crippen LogP) is 3.51. The fraction of sp³-hybridized carbons (Fsp3) is 0.350. The molecule has 26 heavy (non-hydrogen) atoms. The van der Waals surface area contributed by atoms with Gasteiger partial charge in [0.05, 0.1) is 11.8 Å². The summed E-state index contributed by atoms with van der Waals surface area (Å²) in [6, 6.07) is 12.0. The van der Waals surface area contributed by atoms with E-state index in [2.05, 4.69) is 15.6 Å². The summed E-state index contributed by atoms with van der Waals surface area (Å²) in [5.41, 5.74) is 0.939. The van der Waals surface area contributed by atoms with Gasteiger partial charge in [-0.2, -0.15) is 0 Å². The molecule has 0 fully saturated rings. The van der Waals surface area contributed by atoms with Crippen LogP contribution in [0.25, 0.3) is 0 Å². The van der Waals surface area contributed by atoms with Crippen molar-refractivity contribution in [1.82, 2.24) is 10.3 Å². The largest absolute Gasteiger partial charge is 0.489 e. The van der Waals surface area contributed by atoms with Gasteiger partial charge in [0.15, 0.2) is 0 Å². The first-order valence-corrected chi connectivity index (χ1v) is 8.69. The summed E-state index contributed by atoms with van der Waals surface area (Å²) in [7, 11) is 0. The monoisotopic (exact) mass is 355 g/mol. The Bertz CT molecular complexity index is 772. The Morgan fingerprint density at radius 1 is 0.962 bits per heavy atom. The molecule has 0 aliphatic heterocycles. The Morgan fingerprint density at radius 2 is 1.62 bits per heavy atom. The van der Waals surface area contributed by atoms with Crippen molar-refractivity contribution in [2.75, 3.05) is 11.9 Å². The summed E-state index contributed by atoms with van der Waals surface area (Å²) in [4.78, 5) is 28.8. The quantitative estimate of drug-likeness (QED) is 0.796. The zero-order valence-corrected chi connectivity index (χ0v) is 15.6. The summed E-state index contributed by atoms with van der Waals surface area (Å²) in [5.74, 6) is 0.227. The summed E-state index contributed by atoms with van der Waals surface area (Å²) in [6.07, 6.45) is -0.0147. The molecule has 0 aliphatic rings. The van der Waals surface area contributed by atoms with Crippen molar-refractivity contribution in [3.05, 3.63) is 53.9 Å². The van der Waals surface area contributed by atoms with E-state index in [4.69, 9.17) is 4.74 Å². The maximum Gasteiger partial charge on any atom is 0.274 e. The fourth-order valence-electron chi connectivity index (χ4n) is 2.19. The number of carbonyl (C=O) groups excluding carboxylic acids is 2. The number of rotatable bonds is 7. The van der Waals surface area contributed by atoms with Crippen LogP contribution in [0, 0.1) is 5.92 Å². The number of ether oxygens (including phenoxy) is 1. The first-order valence-electron chi connectivity index (χ1n) is 8.69. The number of nitrogens with zero attached hydrogens (tertiary/aromatic N) is 1. The molecular weight excluding hydrogens is 330 g/mol. The lowest BCUT2D eigenvalue weighted by Gasteiger charge is -2.14. The lowest BCUT2D eigenvalue weighted by molar-refractivity contribution is 0.0943. The number of aromatic nitrogens is 1. The molecule has 6 heteroatoms. The highest BCUT2D eigenvalue weighted by Crippen LogP contribution is 2.25. The van der Waals surface area contributed by atoms with Crippen LogP contribution in [0.5, 0.6) is 5.75 Å². The van der Waals surface area contributed by atoms with Crippen molar-refractivity contribution >= 4 is 17.5 Å². The second-order valence-corrected chi connectivity index (χ2v) is 6.63. The number of hydrogen-bond acceptors (Lipinski definition) is 4. The normalized spacial score (nSPS) is 10.7. The standard InChI is InChI=1S/C20H25N3O3/c1-13(2)12-21-19(24)16-9-7-10-17(22-16)20(25)23-15-8-5-6-11-18(15)26-14(3)4/h5-11,13-14H,12H2,1-4H3,(H,21,24)(H,23,25). The first kappa shape index (κ1) is 19.4. The van der Waals surface area contributed by atoms with Gasteiger partial charge in [0.1, 0.15) is 17.1 Å². The van der Waals surface area contributed by atoms with Crippen LogP contribution >= 0.6 is 0 Å². The maximum atomic E-state index is 12.5. The van der Waals surface area contributed by atoms with Crippen molar-refractivity contribution in [2.24, 2.45) is 5.92 Å². The molecule has 0 unspecified atom stereocenters. The van der Waals surface area contributed by atoms with Gasteiger partial charge >= 0.3 is 0 Å². The third kappa shape index (κ3) is 5.58. The highest BCUT2D eigenvalue weighted by Gasteiger charge is 2.14. The topological polar surface area (TPSA) is 80.3 Å². The van der Waals surface area contributed by atoms with Crippen molar-refractivity contribution in [3.8, 4) is 5.75 Å². The minimum absolute atomic E-state index is 0.0147. The second kappa shape index (κ2) is 8.99. The number of hydrogen-bond donors (Lipinski definition) is 2. The Kier molecular flexibility index (Phi) is 6.72. The van der Waals surface area contributed by atoms with Crippen LogP contribution in [0.1, 0.15) is 48.7 Å². The average Bonchev–Trinajstić information content (AvgIpc) is 2.61. The fourth-order valence-corrected chi connectivity index (χ4v) is 2.19. The van der Waals surface area contributed by atoms with E-state index >= 15 is 0 Å². The second-order valence-electron chi connectivity index (χ2n) is 6.63. The molecular formula is C20H25N3O3. The predicted molar refractivity (Wildman–Crippen MR) is 102 cm³/mol. The number of pyridine rings is 1. The molecule has 1 aromatic heterocycles. The van der Waals surface area contributed by atoms with E-state index in [9.17, 15) is 9.59 Å². The molecule has 2 aromatic rings. The lowest BCUT2D eigenvalue weighted by atomic mass is 10.2. The van der Waals surface area contributed by atoms with Crippen LogP contribution < -0.4 is 15.4 Å². The number of benzene rings is 1. The van der Waals surface area contributed by atoms with Gasteiger partial charge in [0.2, 0.25) is 0 Å². The minimum atomic E-state index is -0.400. The zero-order chi connectivity index (χ0) is 19.1. The molecule has 0 saturated heterocycles. The average molecular weight is 355 g/mol. The highest BCUT2D eigenvalue weighted by atomic mass is 16.5. The Labute approximate surface area is 154 Å². The van der Waals surface area contributed by atoms with Gasteiger partial charge in [0, 0.05) is 6.54 Å². The van der Waals surface area contributed by atoms with E-state index in [0.29, 0.717) is 23.9 Å². The highest BCUT2D eigenvalue weighted by molar-refractivity contribution is 6.04. The smallest absolute Gasteiger partial charge is 0.274 e. The van der Waals surface area contributed by atoms with Gasteiger partial charge in [-0.3, -0.25) is 9.59 Å². The lowest BCUT2D eigenvalue weighted by Crippen LogP contribution is -2.28. The van der Waals surface area contributed by atoms with Crippen molar-refractivity contribution in [1.29, 1.82) is 0 Å². The Hall–Kier alpha value is -2.89. The molecule has 2 amide bonds. The van der Waals surface area contributed by atoms with Crippen LogP contribution in [-0.2, 0) is 0 Å². The summed E-state index contributed by atoms with van der Waals surface area (Å²) < 4.78 is 5.70. The van der Waals surface area contributed by atoms with Crippen molar-refractivity contribution in [3.63, 3.8) is 0 Å². The Morgan fingerprint density at radius 3 is 2.27 bits per heavy atom. The summed E-state index contributed by atoms with van der Waals surface area (Å²) in [6.45, 7) is 8.40. The molecule has 6 nitrogen and oxygen atoms in total. The van der Waals surface area contributed by atoms with Gasteiger partial charge in [-0.25, -0.2) is 4.98 Å². The maximum absolute atomic E-state index is 12.5. The molecule has 2 rings (SSSR count). The number of nitrogens with one attached hydrogen (secondary N) is 2. The van der Waals surface area contributed by atoms with E-state index in [1.165, 1.54) is 0 Å². The van der Waals surface area contributed by atoms with E-state index in [1.807, 2.05) is 39.8 Å². The molecule has 0 spiro atoms. The molecule has 0 bridgehead atoms. The molecule has 0 radical (unpaired) electrons. The molecule has 2 N–H and O–H groups in total. The van der Waals surface area contributed by atoms with Crippen molar-refractivity contribution < 1.29 is 14.3 Å². The van der Waals surface area contributed by atoms with Crippen LogP contribution in [0.15, 0.2) is 42.5 Å². The summed E-state index contributed by atoms with van der Waals surface area (Å²) in [5, 5.41) is 5.58. The van der Waals surface area contributed by atoms with E-state index in [0.717, 1.165) is 0 Å². The van der Waals surface area contributed by atoms with E-state index in [-0.39, 0.29) is 23.4 Å². The molecule has 1 heterocycles. The first-order chi connectivity index (χ1) is 12.4. The third-order valence-electron chi connectivity index (χ3n) is 3.38. The van der Waals surface area contributed by atoms with Crippen molar-refractivity contribution in [2.45, 2.75) is 33.8 Å². The molecule has 0 aliphatic carbocycles. The molecule has 0 atom stereocenters. The van der Waals surface area contributed by atoms with Gasteiger partial charge in [-0.15, -0.1) is 0 Å². The SMILES string of the molecule is CC(C)CNC(=O)c1cccc(C(=O)Nc2ccccc2OC(C)C)n1. The van der Waals surface area contributed by atoms with Gasteiger partial charge in [0.25, 0.3) is 11.8 Å². The molecule has 0 saturated carbocycles. The minimum Gasteiger partial charge on any atom is -0.489 e. The van der Waals surface area contributed by atoms with E-state index < -0.39 is 5.91 Å². The van der Waals surface area contributed by atoms with E-state index in [1.54, 1.807) is 30.3 Å². The number of amides is 2. The molecule has 1 aromatic carbocycles. The number of anilines is 1. The van der Waals surface area contributed by atoms with Crippen LogP contribution in [0.2, 0.25) is 0 Å². The van der Waals surface area contributed by atoms with Crippen LogP contribution in [-0.4, -0.2) is 29.4 Å². The summed E-state index contributed by atoms with van der Waals surface area (Å²) >= 11 is 0.